The molecule has 6 nitrogen and oxygen atoms in total. The lowest BCUT2D eigenvalue weighted by Crippen LogP contribution is -2.18. The molecule has 1 unspecified atom stereocenters. The number of nitro groups is 1. The summed E-state index contributed by atoms with van der Waals surface area (Å²) in [5, 5.41) is 10.6. The Morgan fingerprint density at radius 1 is 1.56 bits per heavy atom. The van der Waals surface area contributed by atoms with Crippen molar-refractivity contribution in [2.24, 2.45) is 0 Å². The summed E-state index contributed by atoms with van der Waals surface area (Å²) in [6.45, 7) is 0.937. The number of hydrogen-bond donors (Lipinski definition) is 0. The minimum Gasteiger partial charge on any atom is -0.456 e. The van der Waals surface area contributed by atoms with E-state index in [2.05, 4.69) is 15.9 Å². The van der Waals surface area contributed by atoms with Crippen molar-refractivity contribution >= 4 is 27.6 Å². The van der Waals surface area contributed by atoms with Crippen LogP contribution in [-0.4, -0.2) is 30.2 Å². The lowest BCUT2D eigenvalue weighted by Gasteiger charge is -2.10. The minimum atomic E-state index is -0.582. The maximum Gasteiger partial charge on any atom is 0.339 e. The molecule has 0 spiro atoms. The van der Waals surface area contributed by atoms with E-state index in [1.165, 1.54) is 18.2 Å². The lowest BCUT2D eigenvalue weighted by molar-refractivity contribution is -0.384. The van der Waals surface area contributed by atoms with Gasteiger partial charge in [-0.05, 0) is 22.0 Å². The van der Waals surface area contributed by atoms with Gasteiger partial charge in [0.05, 0.1) is 23.7 Å². The van der Waals surface area contributed by atoms with Crippen LogP contribution in [0.1, 0.15) is 16.8 Å². The van der Waals surface area contributed by atoms with Crippen LogP contribution < -0.4 is 0 Å². The van der Waals surface area contributed by atoms with Crippen LogP contribution in [0.25, 0.3) is 0 Å². The molecule has 96 valence electrons. The molecular weight excluding hydrogens is 306 g/mol. The third kappa shape index (κ3) is 2.85. The quantitative estimate of drug-likeness (QED) is 0.486. The van der Waals surface area contributed by atoms with E-state index >= 15 is 0 Å². The van der Waals surface area contributed by atoms with Crippen molar-refractivity contribution in [3.05, 3.63) is 38.3 Å². The van der Waals surface area contributed by atoms with Gasteiger partial charge in [-0.25, -0.2) is 4.79 Å². The van der Waals surface area contributed by atoms with E-state index in [4.69, 9.17) is 9.47 Å². The monoisotopic (exact) mass is 315 g/mol. The number of nitrogens with zero attached hydrogens (tertiary/aromatic N) is 1. The van der Waals surface area contributed by atoms with Gasteiger partial charge in [-0.1, -0.05) is 0 Å². The fourth-order valence-corrected chi connectivity index (χ4v) is 2.01. The number of carbonyl (C=O) groups is 1. The number of hydrogen-bond acceptors (Lipinski definition) is 5. The molecule has 0 radical (unpaired) electrons. The topological polar surface area (TPSA) is 78.7 Å². The molecule has 7 heteroatoms. The third-order valence-electron chi connectivity index (χ3n) is 2.54. The number of ether oxygens (including phenoxy) is 2. The Kier molecular flexibility index (Phi) is 3.93. The molecule has 1 aromatic carbocycles. The van der Waals surface area contributed by atoms with Gasteiger partial charge in [0.15, 0.2) is 0 Å². The molecule has 1 aliphatic rings. The second-order valence-electron chi connectivity index (χ2n) is 3.81. The fourth-order valence-electron chi connectivity index (χ4n) is 1.60. The second-order valence-corrected chi connectivity index (χ2v) is 4.67. The van der Waals surface area contributed by atoms with Crippen LogP contribution in [0.5, 0.6) is 0 Å². The number of halogens is 1. The summed E-state index contributed by atoms with van der Waals surface area (Å²) in [6.07, 6.45) is 0.377. The standard InChI is InChI=1S/C11H10BrNO5/c12-10-2-1-7(13(15)16)5-9(10)11(14)18-8-3-4-17-6-8/h1-2,5,8H,3-4,6H2. The molecule has 18 heavy (non-hydrogen) atoms. The van der Waals surface area contributed by atoms with E-state index in [1.807, 2.05) is 0 Å². The number of carbonyl (C=O) groups excluding carboxylic acids is 1. The molecule has 0 saturated carbocycles. The van der Waals surface area contributed by atoms with Crippen LogP contribution in [-0.2, 0) is 9.47 Å². The predicted molar refractivity (Wildman–Crippen MR) is 65.4 cm³/mol. The van der Waals surface area contributed by atoms with Gasteiger partial charge in [0.25, 0.3) is 5.69 Å². The largest absolute Gasteiger partial charge is 0.456 e. The number of non-ortho nitro benzene ring substituents is 1. The Morgan fingerprint density at radius 3 is 2.94 bits per heavy atom. The van der Waals surface area contributed by atoms with Gasteiger partial charge in [-0.3, -0.25) is 10.1 Å². The molecule has 1 fully saturated rings. The molecule has 0 N–H and O–H groups in total. The molecule has 1 heterocycles. The third-order valence-corrected chi connectivity index (χ3v) is 3.23. The summed E-state index contributed by atoms with van der Waals surface area (Å²) in [5.41, 5.74) is 0.00363. The first-order valence-corrected chi connectivity index (χ1v) is 6.10. The number of benzene rings is 1. The van der Waals surface area contributed by atoms with Crippen LogP contribution in [0.2, 0.25) is 0 Å². The van der Waals surface area contributed by atoms with Crippen molar-refractivity contribution in [1.82, 2.24) is 0 Å². The van der Waals surface area contributed by atoms with Crippen molar-refractivity contribution in [3.8, 4) is 0 Å². The Hall–Kier alpha value is -1.47. The van der Waals surface area contributed by atoms with E-state index in [0.29, 0.717) is 24.1 Å². The molecular formula is C11H10BrNO5. The van der Waals surface area contributed by atoms with Gasteiger partial charge in [0.1, 0.15) is 6.10 Å². The van der Waals surface area contributed by atoms with Crippen molar-refractivity contribution in [1.29, 1.82) is 0 Å². The predicted octanol–water partition coefficient (Wildman–Crippen LogP) is 2.30. The average molecular weight is 316 g/mol. The number of nitro benzene ring substituents is 1. The highest BCUT2D eigenvalue weighted by molar-refractivity contribution is 9.10. The normalized spacial score (nSPS) is 18.6. The van der Waals surface area contributed by atoms with Crippen LogP contribution >= 0.6 is 15.9 Å². The van der Waals surface area contributed by atoms with Gasteiger partial charge < -0.3 is 9.47 Å². The summed E-state index contributed by atoms with van der Waals surface area (Å²) in [5.74, 6) is -0.582. The van der Waals surface area contributed by atoms with Crippen molar-refractivity contribution in [2.75, 3.05) is 13.2 Å². The molecule has 1 saturated heterocycles. The van der Waals surface area contributed by atoms with E-state index in [0.717, 1.165) is 0 Å². The molecule has 1 aromatic rings. The average Bonchev–Trinajstić information content (AvgIpc) is 2.81. The zero-order chi connectivity index (χ0) is 13.1. The van der Waals surface area contributed by atoms with Crippen LogP contribution in [0, 0.1) is 10.1 Å². The molecule has 0 amide bonds. The maximum atomic E-state index is 11.9. The SMILES string of the molecule is O=C(OC1CCOC1)c1cc([N+](=O)[O-])ccc1Br. The first-order chi connectivity index (χ1) is 8.58. The second kappa shape index (κ2) is 5.45. The van der Waals surface area contributed by atoms with Crippen LogP contribution in [0.15, 0.2) is 22.7 Å². The fraction of sp³-hybridized carbons (Fsp3) is 0.364. The molecule has 0 aliphatic carbocycles. The Balaban J connectivity index is 2.17. The van der Waals surface area contributed by atoms with E-state index in [-0.39, 0.29) is 17.4 Å². The zero-order valence-electron chi connectivity index (χ0n) is 9.30. The number of rotatable bonds is 3. The highest BCUT2D eigenvalue weighted by Crippen LogP contribution is 2.24. The Labute approximate surface area is 111 Å². The molecule has 1 atom stereocenters. The minimum absolute atomic E-state index is 0.146. The molecule has 0 aromatic heterocycles. The van der Waals surface area contributed by atoms with Crippen molar-refractivity contribution < 1.29 is 19.2 Å². The Morgan fingerprint density at radius 2 is 2.33 bits per heavy atom. The summed E-state index contributed by atoms with van der Waals surface area (Å²) in [6, 6.07) is 3.97. The molecule has 0 bridgehead atoms. The van der Waals surface area contributed by atoms with E-state index < -0.39 is 10.9 Å². The summed E-state index contributed by atoms with van der Waals surface area (Å²) in [4.78, 5) is 22.0. The van der Waals surface area contributed by atoms with Gasteiger partial charge in [0.2, 0.25) is 0 Å². The molecule has 2 rings (SSSR count). The van der Waals surface area contributed by atoms with Gasteiger partial charge in [-0.2, -0.15) is 0 Å². The van der Waals surface area contributed by atoms with Gasteiger partial charge >= 0.3 is 5.97 Å². The zero-order valence-corrected chi connectivity index (χ0v) is 10.9. The summed E-state index contributed by atoms with van der Waals surface area (Å²) >= 11 is 3.17. The van der Waals surface area contributed by atoms with E-state index in [1.54, 1.807) is 0 Å². The first-order valence-electron chi connectivity index (χ1n) is 5.30. The first kappa shape index (κ1) is 13.0. The van der Waals surface area contributed by atoms with Crippen molar-refractivity contribution in [2.45, 2.75) is 12.5 Å². The summed E-state index contributed by atoms with van der Waals surface area (Å²) in [7, 11) is 0. The van der Waals surface area contributed by atoms with Gasteiger partial charge in [-0.15, -0.1) is 0 Å². The molecule has 1 aliphatic heterocycles. The van der Waals surface area contributed by atoms with Crippen LogP contribution in [0.4, 0.5) is 5.69 Å². The number of esters is 1. The lowest BCUT2D eigenvalue weighted by atomic mass is 10.2. The smallest absolute Gasteiger partial charge is 0.339 e. The van der Waals surface area contributed by atoms with Gasteiger partial charge in [0, 0.05) is 23.0 Å². The summed E-state index contributed by atoms with van der Waals surface area (Å²) < 4.78 is 10.8. The maximum absolute atomic E-state index is 11.9. The Bertz CT molecular complexity index is 484. The van der Waals surface area contributed by atoms with Crippen molar-refractivity contribution in [3.63, 3.8) is 0 Å². The van der Waals surface area contributed by atoms with Crippen LogP contribution in [0.3, 0.4) is 0 Å². The highest BCUT2D eigenvalue weighted by atomic mass is 79.9. The van der Waals surface area contributed by atoms with E-state index in [9.17, 15) is 14.9 Å². The highest BCUT2D eigenvalue weighted by Gasteiger charge is 2.23.